The van der Waals surface area contributed by atoms with E-state index >= 15 is 0 Å². The molecule has 0 bridgehead atoms. The minimum atomic E-state index is -3.59. The maximum Gasteiger partial charge on any atom is 0.236 e. The van der Waals surface area contributed by atoms with E-state index in [1.54, 1.807) is 42.5 Å². The lowest BCUT2D eigenvalue weighted by Gasteiger charge is -2.10. The minimum Gasteiger partial charge on any atom is -0.326 e. The Hall–Kier alpha value is -2.36. The summed E-state index contributed by atoms with van der Waals surface area (Å²) < 4.78 is 26.9. The summed E-state index contributed by atoms with van der Waals surface area (Å²) in [7, 11) is -3.59. The van der Waals surface area contributed by atoms with Crippen molar-refractivity contribution in [1.82, 2.24) is 0 Å². The van der Waals surface area contributed by atoms with E-state index in [2.05, 4.69) is 4.72 Å². The van der Waals surface area contributed by atoms with Crippen LogP contribution in [0.2, 0.25) is 0 Å². The molecule has 0 fully saturated rings. The van der Waals surface area contributed by atoms with Gasteiger partial charge in [0.15, 0.2) is 0 Å². The molecule has 0 saturated heterocycles. The largest absolute Gasteiger partial charge is 0.326 e. The minimum absolute atomic E-state index is 0.246. The van der Waals surface area contributed by atoms with E-state index in [0.717, 1.165) is 5.56 Å². The van der Waals surface area contributed by atoms with E-state index < -0.39 is 10.0 Å². The molecule has 0 spiro atoms. The second kappa shape index (κ2) is 6.39. The fraction of sp³-hybridized carbons (Fsp3) is 0.133. The first-order valence-corrected chi connectivity index (χ1v) is 7.97. The topological polar surface area (TPSA) is 96.0 Å². The third-order valence-corrected chi connectivity index (χ3v) is 4.16. The number of nitrogens with zero attached hydrogens (tertiary/aromatic N) is 1. The smallest absolute Gasteiger partial charge is 0.236 e. The number of rotatable bonds is 5. The molecule has 0 aromatic heterocycles. The molecule has 0 heterocycles. The Morgan fingerprint density at radius 2 is 1.90 bits per heavy atom. The number of anilines is 1. The summed E-state index contributed by atoms with van der Waals surface area (Å²) in [6, 6.07) is 15.5. The van der Waals surface area contributed by atoms with Crippen molar-refractivity contribution in [2.45, 2.75) is 12.3 Å². The van der Waals surface area contributed by atoms with Crippen LogP contribution in [0.5, 0.6) is 0 Å². The molecule has 2 aromatic carbocycles. The highest BCUT2D eigenvalue weighted by Crippen LogP contribution is 2.16. The first kappa shape index (κ1) is 15.0. The van der Waals surface area contributed by atoms with Crippen LogP contribution in [0.4, 0.5) is 5.69 Å². The number of hydrogen-bond acceptors (Lipinski definition) is 4. The van der Waals surface area contributed by atoms with Crippen LogP contribution in [-0.2, 0) is 22.3 Å². The maximum atomic E-state index is 12.2. The normalized spacial score (nSPS) is 10.9. The highest BCUT2D eigenvalue weighted by molar-refractivity contribution is 7.91. The average molecular weight is 301 g/mol. The summed E-state index contributed by atoms with van der Waals surface area (Å²) in [4.78, 5) is 0. The van der Waals surface area contributed by atoms with Gasteiger partial charge < -0.3 is 5.73 Å². The summed E-state index contributed by atoms with van der Waals surface area (Å²) >= 11 is 0. The quantitative estimate of drug-likeness (QED) is 0.882. The van der Waals surface area contributed by atoms with E-state index in [9.17, 15) is 8.42 Å². The third-order valence-electron chi connectivity index (χ3n) is 2.92. The number of sulfonamides is 1. The molecule has 0 atom stereocenters. The summed E-state index contributed by atoms with van der Waals surface area (Å²) in [5, 5.41) is 8.99. The van der Waals surface area contributed by atoms with Crippen LogP contribution in [0.15, 0.2) is 48.5 Å². The van der Waals surface area contributed by atoms with Crippen LogP contribution in [0.1, 0.15) is 16.7 Å². The summed E-state index contributed by atoms with van der Waals surface area (Å²) in [5.74, 6) is -0.246. The zero-order chi connectivity index (χ0) is 15.3. The van der Waals surface area contributed by atoms with Crippen molar-refractivity contribution >= 4 is 15.7 Å². The van der Waals surface area contributed by atoms with Crippen molar-refractivity contribution < 1.29 is 8.42 Å². The Bertz CT molecular complexity index is 780. The summed E-state index contributed by atoms with van der Waals surface area (Å²) in [5.41, 5.74) is 7.67. The highest BCUT2D eigenvalue weighted by atomic mass is 32.2. The predicted octanol–water partition coefficient (Wildman–Crippen LogP) is 1.96. The van der Waals surface area contributed by atoms with Crippen molar-refractivity contribution in [2.24, 2.45) is 5.73 Å². The molecule has 3 N–H and O–H groups in total. The monoisotopic (exact) mass is 301 g/mol. The van der Waals surface area contributed by atoms with E-state index in [4.69, 9.17) is 11.0 Å². The SMILES string of the molecule is N#Cc1ccccc1CS(=O)(=O)Nc1cccc(CN)c1. The zero-order valence-corrected chi connectivity index (χ0v) is 12.1. The first-order valence-electron chi connectivity index (χ1n) is 6.31. The Balaban J connectivity index is 2.21. The van der Waals surface area contributed by atoms with Gasteiger partial charge in [-0.25, -0.2) is 8.42 Å². The molecular weight excluding hydrogens is 286 g/mol. The molecule has 108 valence electrons. The van der Waals surface area contributed by atoms with Gasteiger partial charge in [-0.3, -0.25) is 4.72 Å². The van der Waals surface area contributed by atoms with Crippen LogP contribution in [-0.4, -0.2) is 8.42 Å². The van der Waals surface area contributed by atoms with Crippen LogP contribution in [0.25, 0.3) is 0 Å². The molecule has 2 rings (SSSR count). The van der Waals surface area contributed by atoms with Gasteiger partial charge in [0, 0.05) is 12.2 Å². The molecule has 0 aliphatic rings. The fourth-order valence-corrected chi connectivity index (χ4v) is 3.16. The number of nitrogens with one attached hydrogen (secondary N) is 1. The van der Waals surface area contributed by atoms with Crippen molar-refractivity contribution in [2.75, 3.05) is 4.72 Å². The van der Waals surface area contributed by atoms with Gasteiger partial charge in [0.25, 0.3) is 0 Å². The van der Waals surface area contributed by atoms with Gasteiger partial charge >= 0.3 is 0 Å². The van der Waals surface area contributed by atoms with Crippen molar-refractivity contribution in [3.8, 4) is 6.07 Å². The molecule has 0 saturated carbocycles. The van der Waals surface area contributed by atoms with Crippen LogP contribution < -0.4 is 10.5 Å². The van der Waals surface area contributed by atoms with E-state index in [-0.39, 0.29) is 5.75 Å². The molecule has 2 aromatic rings. The molecule has 0 amide bonds. The summed E-state index contributed by atoms with van der Waals surface area (Å²) in [6.07, 6.45) is 0. The Kier molecular flexibility index (Phi) is 4.58. The van der Waals surface area contributed by atoms with Crippen molar-refractivity contribution in [1.29, 1.82) is 5.26 Å². The molecule has 21 heavy (non-hydrogen) atoms. The lowest BCUT2D eigenvalue weighted by atomic mass is 10.1. The molecule has 5 nitrogen and oxygen atoms in total. The second-order valence-electron chi connectivity index (χ2n) is 4.53. The average Bonchev–Trinajstić information content (AvgIpc) is 2.47. The molecule has 0 aliphatic carbocycles. The van der Waals surface area contributed by atoms with Gasteiger partial charge in [-0.05, 0) is 29.3 Å². The molecule has 0 unspecified atom stereocenters. The molecular formula is C15H15N3O2S. The Labute approximate surface area is 124 Å². The van der Waals surface area contributed by atoms with Crippen molar-refractivity contribution in [3.63, 3.8) is 0 Å². The number of nitrogens with two attached hydrogens (primary N) is 1. The van der Waals surface area contributed by atoms with E-state index in [0.29, 0.717) is 23.4 Å². The number of benzene rings is 2. The van der Waals surface area contributed by atoms with Gasteiger partial charge in [0.1, 0.15) is 0 Å². The molecule has 6 heteroatoms. The molecule has 0 radical (unpaired) electrons. The van der Waals surface area contributed by atoms with Gasteiger partial charge in [-0.15, -0.1) is 0 Å². The third kappa shape index (κ3) is 4.05. The van der Waals surface area contributed by atoms with Gasteiger partial charge in [0.05, 0.1) is 17.4 Å². The van der Waals surface area contributed by atoms with Crippen LogP contribution in [0, 0.1) is 11.3 Å². The van der Waals surface area contributed by atoms with Gasteiger partial charge in [-0.1, -0.05) is 30.3 Å². The second-order valence-corrected chi connectivity index (χ2v) is 6.26. The lowest BCUT2D eigenvalue weighted by Crippen LogP contribution is -2.16. The van der Waals surface area contributed by atoms with Gasteiger partial charge in [-0.2, -0.15) is 5.26 Å². The Morgan fingerprint density at radius 3 is 2.62 bits per heavy atom. The zero-order valence-electron chi connectivity index (χ0n) is 11.3. The fourth-order valence-electron chi connectivity index (χ4n) is 1.94. The van der Waals surface area contributed by atoms with E-state index in [1.165, 1.54) is 0 Å². The molecule has 0 aliphatic heterocycles. The summed E-state index contributed by atoms with van der Waals surface area (Å²) in [6.45, 7) is 0.340. The standard InChI is InChI=1S/C15H15N3O2S/c16-9-12-4-3-7-15(8-12)18-21(19,20)11-14-6-2-1-5-13(14)10-17/h1-8,18H,9,11,16H2. The highest BCUT2D eigenvalue weighted by Gasteiger charge is 2.14. The van der Waals surface area contributed by atoms with Crippen LogP contribution in [0.3, 0.4) is 0 Å². The van der Waals surface area contributed by atoms with Crippen LogP contribution >= 0.6 is 0 Å². The number of hydrogen-bond donors (Lipinski definition) is 2. The van der Waals surface area contributed by atoms with Gasteiger partial charge in [0.2, 0.25) is 10.0 Å². The Morgan fingerprint density at radius 1 is 1.14 bits per heavy atom. The lowest BCUT2D eigenvalue weighted by molar-refractivity contribution is 0.600. The predicted molar refractivity (Wildman–Crippen MR) is 81.7 cm³/mol. The first-order chi connectivity index (χ1) is 10.0. The maximum absolute atomic E-state index is 12.2. The number of nitriles is 1. The van der Waals surface area contributed by atoms with Crippen molar-refractivity contribution in [3.05, 3.63) is 65.2 Å². The van der Waals surface area contributed by atoms with E-state index in [1.807, 2.05) is 12.1 Å².